The molecule has 5 heteroatoms. The van der Waals surface area contributed by atoms with Gasteiger partial charge in [-0.25, -0.2) is 4.68 Å². The van der Waals surface area contributed by atoms with Crippen LogP contribution in [0.3, 0.4) is 0 Å². The summed E-state index contributed by atoms with van der Waals surface area (Å²) in [5, 5.41) is 7.40. The number of rotatable bonds is 9. The van der Waals surface area contributed by atoms with Gasteiger partial charge >= 0.3 is 0 Å². The van der Waals surface area contributed by atoms with Crippen molar-refractivity contribution in [3.8, 4) is 5.69 Å². The van der Waals surface area contributed by atoms with E-state index in [2.05, 4.69) is 53.6 Å². The number of hydrogen-bond acceptors (Lipinski definition) is 3. The molecular weight excluding hydrogens is 348 g/mol. The monoisotopic (exact) mass is 376 g/mol. The minimum atomic E-state index is 0.0588. The van der Waals surface area contributed by atoms with Crippen molar-refractivity contribution in [3.05, 3.63) is 83.7 Å². The van der Waals surface area contributed by atoms with Crippen LogP contribution in [0.15, 0.2) is 67.0 Å². The van der Waals surface area contributed by atoms with Crippen LogP contribution in [0.5, 0.6) is 0 Å². The van der Waals surface area contributed by atoms with Gasteiger partial charge in [0.1, 0.15) is 0 Å². The Balaban J connectivity index is 1.46. The fourth-order valence-corrected chi connectivity index (χ4v) is 3.02. The standard InChI is InChI=1S/C23H28N4O/c1-3-26(2)17-20-9-7-8-19(14-20)15-24-23(28)13-12-21-16-25-27(18-21)22-10-5-4-6-11-22/h4-11,14,16,18H,3,12-13,15,17H2,1-2H3,(H,24,28). The van der Waals surface area contributed by atoms with Crippen LogP contribution in [0.2, 0.25) is 0 Å². The lowest BCUT2D eigenvalue weighted by molar-refractivity contribution is -0.121. The molecule has 146 valence electrons. The second-order valence-electron chi connectivity index (χ2n) is 7.06. The molecule has 0 saturated heterocycles. The first-order valence-electron chi connectivity index (χ1n) is 9.76. The molecule has 0 spiro atoms. The zero-order valence-corrected chi connectivity index (χ0v) is 16.6. The van der Waals surface area contributed by atoms with Gasteiger partial charge in [-0.3, -0.25) is 4.79 Å². The Morgan fingerprint density at radius 1 is 1.07 bits per heavy atom. The highest BCUT2D eigenvalue weighted by Crippen LogP contribution is 2.10. The highest BCUT2D eigenvalue weighted by molar-refractivity contribution is 5.76. The Morgan fingerprint density at radius 3 is 2.64 bits per heavy atom. The van der Waals surface area contributed by atoms with Gasteiger partial charge in [-0.1, -0.05) is 49.4 Å². The average molecular weight is 377 g/mol. The summed E-state index contributed by atoms with van der Waals surface area (Å²) < 4.78 is 1.84. The summed E-state index contributed by atoms with van der Waals surface area (Å²) >= 11 is 0. The maximum Gasteiger partial charge on any atom is 0.220 e. The van der Waals surface area contributed by atoms with Gasteiger partial charge in [-0.2, -0.15) is 5.10 Å². The Hall–Kier alpha value is -2.92. The number of hydrogen-bond donors (Lipinski definition) is 1. The van der Waals surface area contributed by atoms with Crippen LogP contribution < -0.4 is 5.32 Å². The molecule has 0 aliphatic rings. The molecule has 0 bridgehead atoms. The van der Waals surface area contributed by atoms with Crippen LogP contribution in [0, 0.1) is 0 Å². The van der Waals surface area contributed by atoms with Crippen LogP contribution in [0.1, 0.15) is 30.0 Å². The maximum atomic E-state index is 12.2. The molecule has 0 aliphatic carbocycles. The zero-order valence-electron chi connectivity index (χ0n) is 16.6. The molecule has 3 rings (SSSR count). The number of carbonyl (C=O) groups is 1. The van der Waals surface area contributed by atoms with Crippen molar-refractivity contribution in [1.82, 2.24) is 20.0 Å². The quantitative estimate of drug-likeness (QED) is 0.621. The molecular formula is C23H28N4O. The second kappa shape index (κ2) is 9.85. The van der Waals surface area contributed by atoms with E-state index in [9.17, 15) is 4.79 Å². The van der Waals surface area contributed by atoms with Gasteiger partial charge in [0.25, 0.3) is 0 Å². The van der Waals surface area contributed by atoms with E-state index < -0.39 is 0 Å². The maximum absolute atomic E-state index is 12.2. The second-order valence-corrected chi connectivity index (χ2v) is 7.06. The summed E-state index contributed by atoms with van der Waals surface area (Å²) in [7, 11) is 2.11. The van der Waals surface area contributed by atoms with E-state index >= 15 is 0 Å². The molecule has 0 atom stereocenters. The average Bonchev–Trinajstić information content (AvgIpc) is 3.21. The van der Waals surface area contributed by atoms with Crippen LogP contribution >= 0.6 is 0 Å². The van der Waals surface area contributed by atoms with Crippen molar-refractivity contribution in [3.63, 3.8) is 0 Å². The summed E-state index contributed by atoms with van der Waals surface area (Å²) in [6.07, 6.45) is 4.95. The number of benzene rings is 2. The number of aromatic nitrogens is 2. The number of carbonyl (C=O) groups excluding carboxylic acids is 1. The van der Waals surface area contributed by atoms with Gasteiger partial charge in [-0.05, 0) is 48.8 Å². The normalized spacial score (nSPS) is 11.0. The van der Waals surface area contributed by atoms with Gasteiger partial charge in [0.15, 0.2) is 0 Å². The molecule has 0 fully saturated rings. The van der Waals surface area contributed by atoms with Gasteiger partial charge < -0.3 is 10.2 Å². The predicted molar refractivity (Wildman–Crippen MR) is 112 cm³/mol. The highest BCUT2D eigenvalue weighted by atomic mass is 16.1. The molecule has 0 saturated carbocycles. The molecule has 0 unspecified atom stereocenters. The number of amides is 1. The molecule has 1 heterocycles. The van der Waals surface area contributed by atoms with Crippen molar-refractivity contribution < 1.29 is 4.79 Å². The Labute approximate surface area is 167 Å². The van der Waals surface area contributed by atoms with Crippen LogP contribution in [-0.2, 0) is 24.3 Å². The van der Waals surface area contributed by atoms with E-state index in [1.807, 2.05) is 47.4 Å². The zero-order chi connectivity index (χ0) is 19.8. The smallest absolute Gasteiger partial charge is 0.220 e. The molecule has 1 amide bonds. The number of nitrogens with zero attached hydrogens (tertiary/aromatic N) is 3. The molecule has 0 radical (unpaired) electrons. The van der Waals surface area contributed by atoms with E-state index in [1.54, 1.807) is 0 Å². The fourth-order valence-electron chi connectivity index (χ4n) is 3.02. The first-order valence-corrected chi connectivity index (χ1v) is 9.76. The highest BCUT2D eigenvalue weighted by Gasteiger charge is 2.06. The lowest BCUT2D eigenvalue weighted by Gasteiger charge is -2.14. The minimum absolute atomic E-state index is 0.0588. The number of nitrogens with one attached hydrogen (secondary N) is 1. The van der Waals surface area contributed by atoms with E-state index in [-0.39, 0.29) is 5.91 Å². The van der Waals surface area contributed by atoms with Crippen molar-refractivity contribution in [2.45, 2.75) is 32.9 Å². The molecule has 2 aromatic carbocycles. The van der Waals surface area contributed by atoms with E-state index in [4.69, 9.17) is 0 Å². The molecule has 1 N–H and O–H groups in total. The summed E-state index contributed by atoms with van der Waals surface area (Å²) in [5.41, 5.74) is 4.48. The van der Waals surface area contributed by atoms with Crippen molar-refractivity contribution in [2.24, 2.45) is 0 Å². The minimum Gasteiger partial charge on any atom is -0.352 e. The SMILES string of the molecule is CCN(C)Cc1cccc(CNC(=O)CCc2cnn(-c3ccccc3)c2)c1. The number of para-hydroxylation sites is 1. The summed E-state index contributed by atoms with van der Waals surface area (Å²) in [4.78, 5) is 14.5. The first-order chi connectivity index (χ1) is 13.6. The van der Waals surface area contributed by atoms with Crippen molar-refractivity contribution in [2.75, 3.05) is 13.6 Å². The topological polar surface area (TPSA) is 50.2 Å². The Morgan fingerprint density at radius 2 is 1.86 bits per heavy atom. The van der Waals surface area contributed by atoms with Crippen molar-refractivity contribution in [1.29, 1.82) is 0 Å². The van der Waals surface area contributed by atoms with Gasteiger partial charge in [0.05, 0.1) is 11.9 Å². The summed E-state index contributed by atoms with van der Waals surface area (Å²) in [5.74, 6) is 0.0588. The first kappa shape index (κ1) is 19.8. The lowest BCUT2D eigenvalue weighted by atomic mass is 10.1. The summed E-state index contributed by atoms with van der Waals surface area (Å²) in [6.45, 7) is 4.64. The van der Waals surface area contributed by atoms with Crippen LogP contribution in [0.25, 0.3) is 5.69 Å². The molecule has 3 aromatic rings. The molecule has 5 nitrogen and oxygen atoms in total. The van der Waals surface area contributed by atoms with Gasteiger partial charge in [0.2, 0.25) is 5.91 Å². The van der Waals surface area contributed by atoms with E-state index in [0.29, 0.717) is 19.4 Å². The third-order valence-electron chi connectivity index (χ3n) is 4.77. The molecule has 28 heavy (non-hydrogen) atoms. The Bertz CT molecular complexity index is 888. The van der Waals surface area contributed by atoms with Crippen LogP contribution in [-0.4, -0.2) is 34.2 Å². The van der Waals surface area contributed by atoms with E-state index in [0.717, 1.165) is 29.9 Å². The largest absolute Gasteiger partial charge is 0.352 e. The number of aryl methyl sites for hydroxylation is 1. The lowest BCUT2D eigenvalue weighted by Crippen LogP contribution is -2.23. The third-order valence-corrected chi connectivity index (χ3v) is 4.77. The molecule has 0 aliphatic heterocycles. The van der Waals surface area contributed by atoms with Gasteiger partial charge in [0, 0.05) is 25.7 Å². The summed E-state index contributed by atoms with van der Waals surface area (Å²) in [6, 6.07) is 18.4. The van der Waals surface area contributed by atoms with Crippen molar-refractivity contribution >= 4 is 5.91 Å². The fraction of sp³-hybridized carbons (Fsp3) is 0.304. The van der Waals surface area contributed by atoms with E-state index in [1.165, 1.54) is 5.56 Å². The predicted octanol–water partition coefficient (Wildman–Crippen LogP) is 3.57. The third kappa shape index (κ3) is 5.79. The van der Waals surface area contributed by atoms with Crippen LogP contribution in [0.4, 0.5) is 0 Å². The molecule has 1 aromatic heterocycles. The Kier molecular flexibility index (Phi) is 6.98. The van der Waals surface area contributed by atoms with Gasteiger partial charge in [-0.15, -0.1) is 0 Å².